The van der Waals surface area contributed by atoms with Gasteiger partial charge in [0.1, 0.15) is 0 Å². The Balaban J connectivity index is 2.66. The van der Waals surface area contributed by atoms with Crippen LogP contribution < -0.4 is 0 Å². The smallest absolute Gasteiger partial charge is 0.303 e. The first-order valence-corrected chi connectivity index (χ1v) is 10.9. The molecule has 0 spiro atoms. The lowest BCUT2D eigenvalue weighted by molar-refractivity contribution is -0.138. The fourth-order valence-electron chi connectivity index (χ4n) is 4.31. The molecule has 0 aliphatic heterocycles. The lowest BCUT2D eigenvalue weighted by Crippen LogP contribution is -2.14. The lowest BCUT2D eigenvalue weighted by atomic mass is 9.76. The molecule has 0 heterocycles. The summed E-state index contributed by atoms with van der Waals surface area (Å²) in [5.41, 5.74) is 5.06. The summed E-state index contributed by atoms with van der Waals surface area (Å²) in [6.07, 6.45) is 15.0. The second kappa shape index (κ2) is 12.4. The number of allylic oxidation sites excluding steroid dienone is 4. The van der Waals surface area contributed by atoms with Crippen LogP contribution in [0.15, 0.2) is 22.8 Å². The molecule has 0 radical (unpaired) electrons. The number of carbonyl (C=O) groups is 1. The Kier molecular flexibility index (Phi) is 10.9. The van der Waals surface area contributed by atoms with E-state index in [0.29, 0.717) is 0 Å². The Morgan fingerprint density at radius 3 is 2.58 bits per heavy atom. The van der Waals surface area contributed by atoms with E-state index in [2.05, 4.69) is 33.8 Å². The van der Waals surface area contributed by atoms with Crippen LogP contribution in [0.5, 0.6) is 0 Å². The number of aliphatic carboxylic acids is 1. The summed E-state index contributed by atoms with van der Waals surface area (Å²) in [6.45, 7) is 11.3. The molecule has 150 valence electrons. The molecule has 0 saturated carbocycles. The van der Waals surface area contributed by atoms with Gasteiger partial charge in [0.15, 0.2) is 0 Å². The maximum absolute atomic E-state index is 10.8. The van der Waals surface area contributed by atoms with Crippen LogP contribution >= 0.6 is 0 Å². The first-order chi connectivity index (χ1) is 12.3. The van der Waals surface area contributed by atoms with Gasteiger partial charge in [-0.2, -0.15) is 0 Å². The zero-order valence-corrected chi connectivity index (χ0v) is 17.9. The molecular formula is C24H42O2. The van der Waals surface area contributed by atoms with Gasteiger partial charge in [-0.1, -0.05) is 56.9 Å². The highest BCUT2D eigenvalue weighted by Gasteiger charge is 2.22. The van der Waals surface area contributed by atoms with Crippen molar-refractivity contribution < 1.29 is 9.90 Å². The van der Waals surface area contributed by atoms with E-state index in [-0.39, 0.29) is 12.3 Å². The molecule has 0 bridgehead atoms. The standard InChI is InChI=1S/C24H42O2/c1-6-9-21-12-8-13-22(23(21)15-14-18(2)3)16-19(4)10-7-11-20(5)17-24(25)26/h10,18,20,22H,6-9,11-17H2,1-5H3,(H,25,26)/b19-10-. The summed E-state index contributed by atoms with van der Waals surface area (Å²) in [4.78, 5) is 10.8. The summed E-state index contributed by atoms with van der Waals surface area (Å²) >= 11 is 0. The van der Waals surface area contributed by atoms with E-state index >= 15 is 0 Å². The van der Waals surface area contributed by atoms with Crippen LogP contribution in [0.2, 0.25) is 0 Å². The quantitative estimate of drug-likeness (QED) is 0.364. The summed E-state index contributed by atoms with van der Waals surface area (Å²) in [7, 11) is 0. The first-order valence-electron chi connectivity index (χ1n) is 10.9. The number of rotatable bonds is 12. The maximum Gasteiger partial charge on any atom is 0.303 e. The van der Waals surface area contributed by atoms with Crippen LogP contribution in [-0.4, -0.2) is 11.1 Å². The van der Waals surface area contributed by atoms with Gasteiger partial charge in [0.2, 0.25) is 0 Å². The lowest BCUT2D eigenvalue weighted by Gasteiger charge is -2.30. The third kappa shape index (κ3) is 9.05. The summed E-state index contributed by atoms with van der Waals surface area (Å²) in [5, 5.41) is 8.88. The Bertz CT molecular complexity index is 484. The van der Waals surface area contributed by atoms with Crippen molar-refractivity contribution in [1.82, 2.24) is 0 Å². The van der Waals surface area contributed by atoms with Gasteiger partial charge in [0, 0.05) is 6.42 Å². The van der Waals surface area contributed by atoms with Crippen molar-refractivity contribution in [2.45, 2.75) is 105 Å². The van der Waals surface area contributed by atoms with E-state index in [9.17, 15) is 4.79 Å². The van der Waals surface area contributed by atoms with Crippen LogP contribution in [0, 0.1) is 17.8 Å². The molecule has 26 heavy (non-hydrogen) atoms. The number of hydrogen-bond donors (Lipinski definition) is 1. The minimum atomic E-state index is -0.677. The molecule has 0 aromatic heterocycles. The van der Waals surface area contributed by atoms with Crippen molar-refractivity contribution in [3.05, 3.63) is 22.8 Å². The molecule has 2 unspecified atom stereocenters. The Hall–Kier alpha value is -1.05. The highest BCUT2D eigenvalue weighted by atomic mass is 16.4. The van der Waals surface area contributed by atoms with Crippen LogP contribution in [0.25, 0.3) is 0 Å². The average Bonchev–Trinajstić information content (AvgIpc) is 2.53. The molecule has 1 aliphatic carbocycles. The van der Waals surface area contributed by atoms with E-state index in [4.69, 9.17) is 5.11 Å². The SMILES string of the molecule is CCCC1=C(CCC(C)C)C(C/C(C)=C\CCC(C)CC(=O)O)CCC1. The van der Waals surface area contributed by atoms with E-state index < -0.39 is 5.97 Å². The number of carboxylic acids is 1. The fraction of sp³-hybridized carbons (Fsp3) is 0.792. The Morgan fingerprint density at radius 2 is 1.96 bits per heavy atom. The van der Waals surface area contributed by atoms with Gasteiger partial charge in [-0.3, -0.25) is 4.79 Å². The molecule has 1 rings (SSSR count). The van der Waals surface area contributed by atoms with Gasteiger partial charge in [-0.25, -0.2) is 0 Å². The monoisotopic (exact) mass is 362 g/mol. The highest BCUT2D eigenvalue weighted by Crippen LogP contribution is 2.39. The second-order valence-corrected chi connectivity index (χ2v) is 8.94. The molecule has 0 saturated heterocycles. The van der Waals surface area contributed by atoms with E-state index in [1.807, 2.05) is 6.92 Å². The minimum Gasteiger partial charge on any atom is -0.481 e. The fourth-order valence-corrected chi connectivity index (χ4v) is 4.31. The van der Waals surface area contributed by atoms with Gasteiger partial charge >= 0.3 is 5.97 Å². The van der Waals surface area contributed by atoms with Crippen molar-refractivity contribution in [2.75, 3.05) is 0 Å². The first kappa shape index (κ1) is 23.0. The molecule has 1 N–H and O–H groups in total. The van der Waals surface area contributed by atoms with Crippen LogP contribution in [0.1, 0.15) is 105 Å². The summed E-state index contributed by atoms with van der Waals surface area (Å²) in [6, 6.07) is 0. The third-order valence-electron chi connectivity index (χ3n) is 5.76. The van der Waals surface area contributed by atoms with Gasteiger partial charge in [-0.05, 0) is 82.5 Å². The van der Waals surface area contributed by atoms with E-state index in [0.717, 1.165) is 24.7 Å². The van der Waals surface area contributed by atoms with E-state index in [1.165, 1.54) is 56.9 Å². The van der Waals surface area contributed by atoms with Crippen LogP contribution in [0.4, 0.5) is 0 Å². The molecule has 1 aliphatic rings. The van der Waals surface area contributed by atoms with Gasteiger partial charge in [0.05, 0.1) is 0 Å². The van der Waals surface area contributed by atoms with Gasteiger partial charge < -0.3 is 5.11 Å². The third-order valence-corrected chi connectivity index (χ3v) is 5.76. The topological polar surface area (TPSA) is 37.3 Å². The molecule has 0 fully saturated rings. The minimum absolute atomic E-state index is 0.267. The molecule has 0 amide bonds. The summed E-state index contributed by atoms with van der Waals surface area (Å²) in [5.74, 6) is 1.12. The Labute approximate surface area is 162 Å². The summed E-state index contributed by atoms with van der Waals surface area (Å²) < 4.78 is 0. The number of carboxylic acid groups (broad SMARTS) is 1. The van der Waals surface area contributed by atoms with Gasteiger partial charge in [0.25, 0.3) is 0 Å². The van der Waals surface area contributed by atoms with Crippen molar-refractivity contribution in [3.8, 4) is 0 Å². The Morgan fingerprint density at radius 1 is 1.23 bits per heavy atom. The van der Waals surface area contributed by atoms with Crippen LogP contribution in [-0.2, 0) is 4.79 Å². The number of hydrogen-bond acceptors (Lipinski definition) is 1. The molecular weight excluding hydrogens is 320 g/mol. The van der Waals surface area contributed by atoms with Crippen molar-refractivity contribution in [2.24, 2.45) is 17.8 Å². The second-order valence-electron chi connectivity index (χ2n) is 8.94. The maximum atomic E-state index is 10.8. The zero-order valence-electron chi connectivity index (χ0n) is 17.9. The van der Waals surface area contributed by atoms with Crippen molar-refractivity contribution in [1.29, 1.82) is 0 Å². The van der Waals surface area contributed by atoms with Crippen molar-refractivity contribution >= 4 is 5.97 Å². The zero-order chi connectivity index (χ0) is 19.5. The largest absolute Gasteiger partial charge is 0.481 e. The van der Waals surface area contributed by atoms with E-state index in [1.54, 1.807) is 11.1 Å². The average molecular weight is 363 g/mol. The molecule has 0 aromatic rings. The molecule has 2 atom stereocenters. The normalized spacial score (nSPS) is 19.9. The predicted molar refractivity (Wildman–Crippen MR) is 112 cm³/mol. The molecule has 0 aromatic carbocycles. The predicted octanol–water partition coefficient (Wildman–Crippen LogP) is 7.55. The van der Waals surface area contributed by atoms with Gasteiger partial charge in [-0.15, -0.1) is 0 Å². The molecule has 2 nitrogen and oxygen atoms in total. The van der Waals surface area contributed by atoms with Crippen molar-refractivity contribution in [3.63, 3.8) is 0 Å². The van der Waals surface area contributed by atoms with Crippen LogP contribution in [0.3, 0.4) is 0 Å². The molecule has 2 heteroatoms. The highest BCUT2D eigenvalue weighted by molar-refractivity contribution is 5.66.